The highest BCUT2D eigenvalue weighted by Crippen LogP contribution is 2.53. The maximum Gasteiger partial charge on any atom is 0.0503 e. The van der Waals surface area contributed by atoms with Gasteiger partial charge in [-0.15, -0.1) is 0 Å². The van der Waals surface area contributed by atoms with Gasteiger partial charge in [0.2, 0.25) is 0 Å². The van der Waals surface area contributed by atoms with Crippen molar-refractivity contribution in [3.05, 3.63) is 216 Å². The Kier molecular flexibility index (Phi) is 8.01. The molecule has 7 aromatic carbocycles. The Morgan fingerprint density at radius 1 is 0.429 bits per heavy atom. The molecule has 0 saturated carbocycles. The first-order valence-electron chi connectivity index (χ1n) is 20.0. The van der Waals surface area contributed by atoms with Crippen LogP contribution < -0.4 is 9.80 Å². The summed E-state index contributed by atoms with van der Waals surface area (Å²) in [5.41, 5.74) is 20.5. The Bertz CT molecular complexity index is 2680. The van der Waals surface area contributed by atoms with Gasteiger partial charge in [0.25, 0.3) is 0 Å². The standard InChI is InChI=1S/C54H46N2/c1-53(2)47-20-12-11-19-45(47)46-33-32-44(36-49(46)53)55(42-28-23-38(24-29-42)37-15-7-5-8-16-37)43-30-25-39(26-31-43)40-27-34-52-50(35-40)54(3,4)48-21-13-14-22-51(48)56(52)41-17-9-6-10-18-41/h5-25,27-30,32-36H,26,31H2,1-4H3. The zero-order valence-electron chi connectivity index (χ0n) is 32.6. The van der Waals surface area contributed by atoms with Crippen LogP contribution in [0.4, 0.5) is 28.4 Å². The van der Waals surface area contributed by atoms with Gasteiger partial charge < -0.3 is 9.80 Å². The SMILES string of the molecule is CC1(C)c2ccccc2-c2ccc(N(C3=CC=C(c4ccc5c(c4)C(C)(C)c4ccccc4N5c4ccccc4)CC3)c3ccc(-c4ccccc4)cc3)cc21. The van der Waals surface area contributed by atoms with Gasteiger partial charge in [0, 0.05) is 33.6 Å². The van der Waals surface area contributed by atoms with Crippen molar-refractivity contribution < 1.29 is 0 Å². The molecule has 1 heterocycles. The van der Waals surface area contributed by atoms with Crippen LogP contribution in [0.1, 0.15) is 68.4 Å². The third kappa shape index (κ3) is 5.46. The van der Waals surface area contributed by atoms with E-state index in [9.17, 15) is 0 Å². The number of nitrogens with zero attached hydrogens (tertiary/aromatic N) is 2. The molecule has 56 heavy (non-hydrogen) atoms. The molecule has 0 amide bonds. The monoisotopic (exact) mass is 722 g/mol. The molecule has 7 aromatic rings. The number of hydrogen-bond acceptors (Lipinski definition) is 2. The van der Waals surface area contributed by atoms with Crippen LogP contribution in [-0.2, 0) is 10.8 Å². The van der Waals surface area contributed by atoms with Gasteiger partial charge in [-0.1, -0.05) is 149 Å². The molecule has 272 valence electrons. The van der Waals surface area contributed by atoms with E-state index in [-0.39, 0.29) is 10.8 Å². The van der Waals surface area contributed by atoms with Gasteiger partial charge in [-0.05, 0) is 129 Å². The first-order valence-corrected chi connectivity index (χ1v) is 20.0. The molecule has 2 nitrogen and oxygen atoms in total. The van der Waals surface area contributed by atoms with Crippen LogP contribution in [0, 0.1) is 0 Å². The Labute approximate surface area is 331 Å². The zero-order chi connectivity index (χ0) is 38.0. The first-order chi connectivity index (χ1) is 27.3. The van der Waals surface area contributed by atoms with Crippen LogP contribution in [-0.4, -0.2) is 0 Å². The maximum absolute atomic E-state index is 2.49. The van der Waals surface area contributed by atoms with Crippen LogP contribution in [0.3, 0.4) is 0 Å². The Morgan fingerprint density at radius 2 is 1.02 bits per heavy atom. The maximum atomic E-state index is 2.49. The number of rotatable bonds is 6. The van der Waals surface area contributed by atoms with E-state index in [1.807, 2.05) is 0 Å². The average Bonchev–Trinajstić information content (AvgIpc) is 3.47. The second-order valence-electron chi connectivity index (χ2n) is 16.5. The van der Waals surface area contributed by atoms with Crippen molar-refractivity contribution in [3.63, 3.8) is 0 Å². The summed E-state index contributed by atoms with van der Waals surface area (Å²) in [5, 5.41) is 0. The van der Waals surface area contributed by atoms with Crippen molar-refractivity contribution in [2.24, 2.45) is 0 Å². The highest BCUT2D eigenvalue weighted by Gasteiger charge is 2.38. The fourth-order valence-electron chi connectivity index (χ4n) is 9.56. The number of allylic oxidation sites excluding steroid dienone is 4. The third-order valence-corrected chi connectivity index (χ3v) is 12.6. The number of benzene rings is 7. The van der Waals surface area contributed by atoms with E-state index < -0.39 is 0 Å². The van der Waals surface area contributed by atoms with Crippen molar-refractivity contribution >= 4 is 34.0 Å². The van der Waals surface area contributed by atoms with E-state index in [2.05, 4.69) is 220 Å². The van der Waals surface area contributed by atoms with E-state index in [1.165, 1.54) is 89.8 Å². The highest BCUT2D eigenvalue weighted by atomic mass is 15.2. The van der Waals surface area contributed by atoms with Crippen LogP contribution in [0.2, 0.25) is 0 Å². The molecule has 0 N–H and O–H groups in total. The second kappa shape index (κ2) is 13.1. The Balaban J connectivity index is 1.05. The molecule has 3 aliphatic rings. The summed E-state index contributed by atoms with van der Waals surface area (Å²) in [6.45, 7) is 9.49. The van der Waals surface area contributed by atoms with Crippen LogP contribution in [0.5, 0.6) is 0 Å². The van der Waals surface area contributed by atoms with Gasteiger partial charge in [-0.25, -0.2) is 0 Å². The zero-order valence-corrected chi connectivity index (χ0v) is 32.6. The van der Waals surface area contributed by atoms with Gasteiger partial charge in [0.15, 0.2) is 0 Å². The molecule has 1 aliphatic heterocycles. The summed E-state index contributed by atoms with van der Waals surface area (Å²) in [6.07, 6.45) is 6.64. The smallest absolute Gasteiger partial charge is 0.0503 e. The van der Waals surface area contributed by atoms with E-state index >= 15 is 0 Å². The van der Waals surface area contributed by atoms with Crippen LogP contribution >= 0.6 is 0 Å². The lowest BCUT2D eigenvalue weighted by atomic mass is 9.72. The normalized spacial score (nSPS) is 15.8. The van der Waals surface area contributed by atoms with Crippen molar-refractivity contribution in [3.8, 4) is 22.3 Å². The van der Waals surface area contributed by atoms with Crippen LogP contribution in [0.15, 0.2) is 188 Å². The predicted octanol–water partition coefficient (Wildman–Crippen LogP) is 14.7. The third-order valence-electron chi connectivity index (χ3n) is 12.6. The quantitative estimate of drug-likeness (QED) is 0.169. The molecule has 0 aromatic heterocycles. The Morgan fingerprint density at radius 3 is 1.77 bits per heavy atom. The van der Waals surface area contributed by atoms with Crippen molar-refractivity contribution in [1.82, 2.24) is 0 Å². The molecule has 0 atom stereocenters. The summed E-state index contributed by atoms with van der Waals surface area (Å²) >= 11 is 0. The highest BCUT2D eigenvalue weighted by molar-refractivity contribution is 5.88. The minimum absolute atomic E-state index is 0.0738. The Hall–Kier alpha value is -6.38. The fraction of sp³-hybridized carbons (Fsp3) is 0.148. The topological polar surface area (TPSA) is 6.48 Å². The molecule has 0 radical (unpaired) electrons. The van der Waals surface area contributed by atoms with Crippen LogP contribution in [0.25, 0.3) is 27.8 Å². The van der Waals surface area contributed by atoms with Gasteiger partial charge >= 0.3 is 0 Å². The average molecular weight is 723 g/mol. The van der Waals surface area contributed by atoms with E-state index in [1.54, 1.807) is 0 Å². The van der Waals surface area contributed by atoms with Crippen molar-refractivity contribution in [1.29, 1.82) is 0 Å². The molecule has 2 aliphatic carbocycles. The molecule has 0 bridgehead atoms. The van der Waals surface area contributed by atoms with Crippen molar-refractivity contribution in [2.45, 2.75) is 51.4 Å². The number of para-hydroxylation sites is 2. The van der Waals surface area contributed by atoms with Gasteiger partial charge in [0.05, 0.1) is 11.4 Å². The van der Waals surface area contributed by atoms with Gasteiger partial charge in [-0.2, -0.15) is 0 Å². The summed E-state index contributed by atoms with van der Waals surface area (Å²) in [5.74, 6) is 0. The van der Waals surface area contributed by atoms with E-state index in [4.69, 9.17) is 0 Å². The van der Waals surface area contributed by atoms with Gasteiger partial charge in [-0.3, -0.25) is 0 Å². The number of anilines is 5. The summed E-state index contributed by atoms with van der Waals surface area (Å²) in [7, 11) is 0. The minimum Gasteiger partial charge on any atom is -0.314 e. The minimum atomic E-state index is -0.146. The van der Waals surface area contributed by atoms with Crippen molar-refractivity contribution in [2.75, 3.05) is 9.80 Å². The lowest BCUT2D eigenvalue weighted by molar-refractivity contribution is 0.631. The molecule has 0 fully saturated rings. The van der Waals surface area contributed by atoms with E-state index in [0.717, 1.165) is 12.8 Å². The lowest BCUT2D eigenvalue weighted by Crippen LogP contribution is -2.30. The summed E-state index contributed by atoms with van der Waals surface area (Å²) < 4.78 is 0. The summed E-state index contributed by atoms with van der Waals surface area (Å²) in [6, 6.07) is 62.6. The second-order valence-corrected chi connectivity index (χ2v) is 16.5. The molecule has 0 spiro atoms. The predicted molar refractivity (Wildman–Crippen MR) is 237 cm³/mol. The molecule has 10 rings (SSSR count). The molecular formula is C54H46N2. The molecule has 2 heteroatoms. The van der Waals surface area contributed by atoms with E-state index in [0.29, 0.717) is 0 Å². The molecule has 0 unspecified atom stereocenters. The van der Waals surface area contributed by atoms with Gasteiger partial charge in [0.1, 0.15) is 0 Å². The largest absolute Gasteiger partial charge is 0.314 e. The fourth-order valence-corrected chi connectivity index (χ4v) is 9.56. The summed E-state index contributed by atoms with van der Waals surface area (Å²) in [4.78, 5) is 4.93. The number of fused-ring (bicyclic) bond motifs is 5. The first kappa shape index (κ1) is 34.1. The molecular weight excluding hydrogens is 677 g/mol. The molecule has 0 saturated heterocycles. The number of hydrogen-bond donors (Lipinski definition) is 0. The lowest BCUT2D eigenvalue weighted by Gasteiger charge is -2.42.